The number of rotatable bonds is 5. The van der Waals surface area contributed by atoms with Gasteiger partial charge in [0.05, 0.1) is 0 Å². The molecule has 0 aliphatic heterocycles. The maximum atomic E-state index is 5.77. The third-order valence-electron chi connectivity index (χ3n) is 2.91. The highest BCUT2D eigenvalue weighted by molar-refractivity contribution is 7.98. The van der Waals surface area contributed by atoms with Gasteiger partial charge in [-0.2, -0.15) is 0 Å². The predicted molar refractivity (Wildman–Crippen MR) is 87.0 cm³/mol. The van der Waals surface area contributed by atoms with Crippen molar-refractivity contribution in [3.63, 3.8) is 0 Å². The number of thioether (sulfide) groups is 1. The number of nitrogens with zero attached hydrogens (tertiary/aromatic N) is 2. The van der Waals surface area contributed by atoms with Crippen LogP contribution in [0.1, 0.15) is 31.4 Å². The third-order valence-corrected chi connectivity index (χ3v) is 4.09. The van der Waals surface area contributed by atoms with Crippen molar-refractivity contribution in [2.24, 2.45) is 0 Å². The molecule has 0 amide bonds. The van der Waals surface area contributed by atoms with E-state index in [1.807, 2.05) is 6.07 Å². The van der Waals surface area contributed by atoms with Gasteiger partial charge in [-0.25, -0.2) is 9.97 Å². The van der Waals surface area contributed by atoms with Gasteiger partial charge in [-0.3, -0.25) is 0 Å². The molecule has 4 heteroatoms. The molecule has 0 N–H and O–H groups in total. The lowest BCUT2D eigenvalue weighted by Gasteiger charge is -2.05. The van der Waals surface area contributed by atoms with Crippen LogP contribution in [0.3, 0.4) is 0 Å². The van der Waals surface area contributed by atoms with Crippen LogP contribution in [0.15, 0.2) is 47.6 Å². The molecule has 1 heterocycles. The molecule has 2 rings (SSSR count). The quantitative estimate of drug-likeness (QED) is 0.429. The number of benzene rings is 1. The molecule has 0 fully saturated rings. The van der Waals surface area contributed by atoms with Crippen LogP contribution in [-0.2, 0) is 5.75 Å². The second-order valence-corrected chi connectivity index (χ2v) is 5.78. The normalized spacial score (nSPS) is 11.7. The van der Waals surface area contributed by atoms with Crippen molar-refractivity contribution in [3.05, 3.63) is 59.0 Å². The maximum Gasteiger partial charge on any atom is 0.223 e. The van der Waals surface area contributed by atoms with Crippen LogP contribution >= 0.6 is 23.4 Å². The number of allylic oxidation sites excluding steroid dienone is 2. The summed E-state index contributed by atoms with van der Waals surface area (Å²) in [6.07, 6.45) is 4.99. The Kier molecular flexibility index (Phi) is 5.62. The minimum Gasteiger partial charge on any atom is -0.226 e. The molecule has 0 aliphatic rings. The van der Waals surface area contributed by atoms with Crippen LogP contribution in [0.4, 0.5) is 0 Å². The summed E-state index contributed by atoms with van der Waals surface area (Å²) in [5.74, 6) is 0.879. The number of hydrogen-bond acceptors (Lipinski definition) is 3. The van der Waals surface area contributed by atoms with E-state index in [1.165, 1.54) is 16.7 Å². The first-order valence-corrected chi connectivity index (χ1v) is 7.93. The molecular weight excluding hydrogens is 288 g/mol. The Hall–Kier alpha value is -1.32. The molecule has 0 spiro atoms. The zero-order valence-corrected chi connectivity index (χ0v) is 13.2. The second kappa shape index (κ2) is 7.46. The minimum absolute atomic E-state index is 0.297. The van der Waals surface area contributed by atoms with Gasteiger partial charge in [0.25, 0.3) is 0 Å². The van der Waals surface area contributed by atoms with Crippen molar-refractivity contribution < 1.29 is 0 Å². The fraction of sp³-hybridized carbons (Fsp3) is 0.250. The molecule has 0 aliphatic carbocycles. The molecule has 0 saturated carbocycles. The maximum absolute atomic E-state index is 5.77. The predicted octanol–water partition coefficient (Wildman–Crippen LogP) is 5.24. The molecule has 2 nitrogen and oxygen atoms in total. The monoisotopic (exact) mass is 304 g/mol. The highest BCUT2D eigenvalue weighted by atomic mass is 35.5. The van der Waals surface area contributed by atoms with Crippen molar-refractivity contribution >= 4 is 28.9 Å². The zero-order valence-electron chi connectivity index (χ0n) is 11.6. The largest absolute Gasteiger partial charge is 0.226 e. The molecule has 1 aromatic carbocycles. The van der Waals surface area contributed by atoms with Crippen molar-refractivity contribution in [1.29, 1.82) is 0 Å². The van der Waals surface area contributed by atoms with Crippen molar-refractivity contribution in [3.8, 4) is 0 Å². The fourth-order valence-corrected chi connectivity index (χ4v) is 2.86. The molecule has 0 bridgehead atoms. The van der Waals surface area contributed by atoms with E-state index in [1.54, 1.807) is 18.0 Å². The molecule has 0 unspecified atom stereocenters. The van der Waals surface area contributed by atoms with Crippen LogP contribution in [0.5, 0.6) is 0 Å². The van der Waals surface area contributed by atoms with E-state index in [-0.39, 0.29) is 0 Å². The van der Waals surface area contributed by atoms with Gasteiger partial charge >= 0.3 is 0 Å². The van der Waals surface area contributed by atoms with Crippen molar-refractivity contribution in [1.82, 2.24) is 9.97 Å². The number of hydrogen-bond donors (Lipinski definition) is 0. The van der Waals surface area contributed by atoms with Crippen LogP contribution in [0, 0.1) is 0 Å². The fourth-order valence-electron chi connectivity index (χ4n) is 1.85. The summed E-state index contributed by atoms with van der Waals surface area (Å²) < 4.78 is 0. The molecule has 0 radical (unpaired) electrons. The van der Waals surface area contributed by atoms with Gasteiger partial charge < -0.3 is 0 Å². The van der Waals surface area contributed by atoms with Crippen LogP contribution in [0.25, 0.3) is 5.57 Å². The van der Waals surface area contributed by atoms with E-state index in [0.717, 1.165) is 17.2 Å². The lowest BCUT2D eigenvalue weighted by Crippen LogP contribution is -1.87. The molecule has 0 atom stereocenters. The summed E-state index contributed by atoms with van der Waals surface area (Å²) >= 11 is 7.43. The average Bonchev–Trinajstić information content (AvgIpc) is 2.46. The minimum atomic E-state index is 0.297. The first-order chi connectivity index (χ1) is 9.69. The highest BCUT2D eigenvalue weighted by Crippen LogP contribution is 2.23. The Morgan fingerprint density at radius 1 is 1.25 bits per heavy atom. The lowest BCUT2D eigenvalue weighted by molar-refractivity contribution is 1.05. The van der Waals surface area contributed by atoms with Crippen LogP contribution < -0.4 is 0 Å². The van der Waals surface area contributed by atoms with E-state index in [2.05, 4.69) is 54.2 Å². The summed E-state index contributed by atoms with van der Waals surface area (Å²) in [5, 5.41) is 1.20. The Bertz CT molecular complexity index is 594. The van der Waals surface area contributed by atoms with Crippen LogP contribution in [0.2, 0.25) is 5.28 Å². The summed E-state index contributed by atoms with van der Waals surface area (Å²) in [7, 11) is 0. The van der Waals surface area contributed by atoms with Crippen molar-refractivity contribution in [2.45, 2.75) is 31.0 Å². The van der Waals surface area contributed by atoms with E-state index in [0.29, 0.717) is 5.28 Å². The molecule has 20 heavy (non-hydrogen) atoms. The molecular formula is C16H17ClN2S. The van der Waals surface area contributed by atoms with Gasteiger partial charge in [-0.1, -0.05) is 37.3 Å². The average molecular weight is 305 g/mol. The number of aromatic nitrogens is 2. The van der Waals surface area contributed by atoms with E-state index in [9.17, 15) is 0 Å². The summed E-state index contributed by atoms with van der Waals surface area (Å²) in [6.45, 7) is 4.30. The smallest absolute Gasteiger partial charge is 0.223 e. The lowest BCUT2D eigenvalue weighted by atomic mass is 10.1. The Labute approximate surface area is 129 Å². The second-order valence-electron chi connectivity index (χ2n) is 4.44. The summed E-state index contributed by atoms with van der Waals surface area (Å²) in [4.78, 5) is 8.04. The van der Waals surface area contributed by atoms with Gasteiger partial charge in [0.1, 0.15) is 5.03 Å². The SMILES string of the molecule is CC/C=C(/C)c1ccc(CSc2ccnc(Cl)n2)cc1. The third kappa shape index (κ3) is 4.36. The van der Waals surface area contributed by atoms with Crippen molar-refractivity contribution in [2.75, 3.05) is 0 Å². The Balaban J connectivity index is 1.99. The van der Waals surface area contributed by atoms with E-state index < -0.39 is 0 Å². The van der Waals surface area contributed by atoms with Crippen LogP contribution in [-0.4, -0.2) is 9.97 Å². The summed E-state index contributed by atoms with van der Waals surface area (Å²) in [5.41, 5.74) is 3.89. The molecule has 0 saturated heterocycles. The van der Waals surface area contributed by atoms with E-state index in [4.69, 9.17) is 11.6 Å². The van der Waals surface area contributed by atoms with Gasteiger partial charge in [0, 0.05) is 11.9 Å². The van der Waals surface area contributed by atoms with Gasteiger partial charge in [-0.05, 0) is 47.7 Å². The Morgan fingerprint density at radius 2 is 2.00 bits per heavy atom. The molecule has 1 aromatic heterocycles. The summed E-state index contributed by atoms with van der Waals surface area (Å²) in [6, 6.07) is 10.5. The van der Waals surface area contributed by atoms with Gasteiger partial charge in [0.15, 0.2) is 0 Å². The first-order valence-electron chi connectivity index (χ1n) is 6.56. The zero-order chi connectivity index (χ0) is 14.4. The standard InChI is InChI=1S/C16H17ClN2S/c1-3-4-12(2)14-7-5-13(6-8-14)11-20-15-9-10-18-16(17)19-15/h4-10H,3,11H2,1-2H3/b12-4-. The molecule has 2 aromatic rings. The number of halogens is 1. The topological polar surface area (TPSA) is 25.8 Å². The molecule has 104 valence electrons. The Morgan fingerprint density at radius 3 is 2.65 bits per heavy atom. The van der Waals surface area contributed by atoms with Gasteiger partial charge in [0.2, 0.25) is 5.28 Å². The van der Waals surface area contributed by atoms with Gasteiger partial charge in [-0.15, -0.1) is 11.8 Å². The first kappa shape index (κ1) is 15.1. The highest BCUT2D eigenvalue weighted by Gasteiger charge is 2.00. The van der Waals surface area contributed by atoms with E-state index >= 15 is 0 Å².